The van der Waals surface area contributed by atoms with E-state index in [1.54, 1.807) is 0 Å². The second-order valence-electron chi connectivity index (χ2n) is 6.08. The number of hydrogen-bond acceptors (Lipinski definition) is 2. The topological polar surface area (TPSA) is 37.2 Å². The van der Waals surface area contributed by atoms with Gasteiger partial charge in [-0.05, 0) is 30.9 Å². The van der Waals surface area contributed by atoms with Gasteiger partial charge in [-0.25, -0.2) is 0 Å². The van der Waals surface area contributed by atoms with Gasteiger partial charge in [-0.1, -0.05) is 26.2 Å². The number of rotatable bonds is 7. The number of hydrogen-bond donors (Lipinski definition) is 2. The molecule has 1 saturated carbocycles. The van der Waals surface area contributed by atoms with Crippen LogP contribution in [0.4, 0.5) is 0 Å². The summed E-state index contributed by atoms with van der Waals surface area (Å²) in [7, 11) is 0. The summed E-state index contributed by atoms with van der Waals surface area (Å²) in [5, 5.41) is 13.2. The summed E-state index contributed by atoms with van der Waals surface area (Å²) in [6, 6.07) is 2.19. The SMILES string of the molecule is CCCn1ccc(CNCC2(CO)CCCCC2)c1. The first-order valence-corrected chi connectivity index (χ1v) is 7.74. The van der Waals surface area contributed by atoms with Crippen LogP contribution in [0.2, 0.25) is 0 Å². The molecule has 3 nitrogen and oxygen atoms in total. The van der Waals surface area contributed by atoms with E-state index in [9.17, 15) is 5.11 Å². The van der Waals surface area contributed by atoms with Gasteiger partial charge in [0.2, 0.25) is 0 Å². The van der Waals surface area contributed by atoms with Gasteiger partial charge in [0.1, 0.15) is 0 Å². The lowest BCUT2D eigenvalue weighted by molar-refractivity contribution is 0.0810. The van der Waals surface area contributed by atoms with Crippen molar-refractivity contribution in [2.45, 2.75) is 58.5 Å². The number of nitrogens with one attached hydrogen (secondary N) is 1. The summed E-state index contributed by atoms with van der Waals surface area (Å²) >= 11 is 0. The summed E-state index contributed by atoms with van der Waals surface area (Å²) < 4.78 is 2.25. The molecular weight excluding hydrogens is 236 g/mol. The van der Waals surface area contributed by atoms with Crippen LogP contribution in [0.15, 0.2) is 18.5 Å². The van der Waals surface area contributed by atoms with Crippen LogP contribution in [0.5, 0.6) is 0 Å². The first-order chi connectivity index (χ1) is 9.28. The molecule has 0 saturated heterocycles. The zero-order valence-corrected chi connectivity index (χ0v) is 12.2. The van der Waals surface area contributed by atoms with Crippen molar-refractivity contribution in [1.29, 1.82) is 0 Å². The summed E-state index contributed by atoms with van der Waals surface area (Å²) in [5.41, 5.74) is 1.49. The van der Waals surface area contributed by atoms with E-state index in [0.717, 1.165) is 19.6 Å². The lowest BCUT2D eigenvalue weighted by Crippen LogP contribution is -2.38. The molecule has 1 aliphatic rings. The van der Waals surface area contributed by atoms with Gasteiger partial charge >= 0.3 is 0 Å². The lowest BCUT2D eigenvalue weighted by atomic mass is 9.74. The maximum Gasteiger partial charge on any atom is 0.0499 e. The monoisotopic (exact) mass is 264 g/mol. The molecule has 1 aromatic rings. The minimum absolute atomic E-state index is 0.143. The Morgan fingerprint density at radius 1 is 1.32 bits per heavy atom. The predicted octanol–water partition coefficient (Wildman–Crippen LogP) is 2.93. The second kappa shape index (κ2) is 7.11. The standard InChI is InChI=1S/C16H28N2O/c1-2-9-18-10-6-15(12-18)11-17-13-16(14-19)7-4-3-5-8-16/h6,10,12,17,19H,2-5,7-9,11,13-14H2,1H3. The lowest BCUT2D eigenvalue weighted by Gasteiger charge is -2.35. The molecule has 1 heterocycles. The molecule has 2 N–H and O–H groups in total. The zero-order chi connectivity index (χ0) is 13.6. The molecule has 3 heteroatoms. The van der Waals surface area contributed by atoms with E-state index in [1.165, 1.54) is 44.1 Å². The minimum atomic E-state index is 0.143. The highest BCUT2D eigenvalue weighted by Crippen LogP contribution is 2.35. The third-order valence-corrected chi connectivity index (χ3v) is 4.37. The molecule has 0 radical (unpaired) electrons. The largest absolute Gasteiger partial charge is 0.396 e. The zero-order valence-electron chi connectivity index (χ0n) is 12.2. The summed E-state index contributed by atoms with van der Waals surface area (Å²) in [6.07, 6.45) is 11.8. The molecule has 1 aliphatic carbocycles. The molecule has 0 unspecified atom stereocenters. The Balaban J connectivity index is 1.78. The smallest absolute Gasteiger partial charge is 0.0499 e. The van der Waals surface area contributed by atoms with Crippen LogP contribution in [0.1, 0.15) is 51.0 Å². The average molecular weight is 264 g/mol. The Kier molecular flexibility index (Phi) is 5.46. The van der Waals surface area contributed by atoms with Gasteiger partial charge in [-0.2, -0.15) is 0 Å². The van der Waals surface area contributed by atoms with Crippen molar-refractivity contribution in [2.75, 3.05) is 13.2 Å². The maximum atomic E-state index is 9.67. The van der Waals surface area contributed by atoms with Crippen molar-refractivity contribution in [2.24, 2.45) is 5.41 Å². The molecule has 0 amide bonds. The second-order valence-corrected chi connectivity index (χ2v) is 6.08. The number of aryl methyl sites for hydroxylation is 1. The number of aliphatic hydroxyl groups is 1. The van der Waals surface area contributed by atoms with Crippen LogP contribution in [-0.2, 0) is 13.1 Å². The van der Waals surface area contributed by atoms with E-state index in [-0.39, 0.29) is 5.41 Å². The molecule has 0 aromatic carbocycles. The molecule has 108 valence electrons. The van der Waals surface area contributed by atoms with Crippen LogP contribution in [0.3, 0.4) is 0 Å². The summed E-state index contributed by atoms with van der Waals surface area (Å²) in [4.78, 5) is 0. The number of nitrogens with zero attached hydrogens (tertiary/aromatic N) is 1. The van der Waals surface area contributed by atoms with Crippen LogP contribution < -0.4 is 5.32 Å². The summed E-state index contributed by atoms with van der Waals surface area (Å²) in [5.74, 6) is 0. The first-order valence-electron chi connectivity index (χ1n) is 7.74. The number of aliphatic hydroxyl groups excluding tert-OH is 1. The average Bonchev–Trinajstić information content (AvgIpc) is 2.88. The Bertz CT molecular complexity index is 367. The van der Waals surface area contributed by atoms with Gasteiger partial charge in [0.05, 0.1) is 0 Å². The molecule has 2 rings (SSSR count). The molecule has 1 aromatic heterocycles. The van der Waals surface area contributed by atoms with Crippen molar-refractivity contribution in [3.63, 3.8) is 0 Å². The highest BCUT2D eigenvalue weighted by atomic mass is 16.3. The summed E-state index contributed by atoms with van der Waals surface area (Å²) in [6.45, 7) is 5.49. The van der Waals surface area contributed by atoms with E-state index in [1.807, 2.05) is 0 Å². The van der Waals surface area contributed by atoms with E-state index in [0.29, 0.717) is 6.61 Å². The van der Waals surface area contributed by atoms with E-state index in [4.69, 9.17) is 0 Å². The molecule has 0 spiro atoms. The van der Waals surface area contributed by atoms with Crippen LogP contribution in [0.25, 0.3) is 0 Å². The van der Waals surface area contributed by atoms with Crippen LogP contribution >= 0.6 is 0 Å². The van der Waals surface area contributed by atoms with E-state index >= 15 is 0 Å². The van der Waals surface area contributed by atoms with Crippen molar-refractivity contribution < 1.29 is 5.11 Å². The molecular formula is C16H28N2O. The Morgan fingerprint density at radius 3 is 2.79 bits per heavy atom. The van der Waals surface area contributed by atoms with Crippen molar-refractivity contribution in [1.82, 2.24) is 9.88 Å². The van der Waals surface area contributed by atoms with Crippen molar-refractivity contribution >= 4 is 0 Å². The van der Waals surface area contributed by atoms with Crippen LogP contribution in [-0.4, -0.2) is 22.8 Å². The fourth-order valence-electron chi connectivity index (χ4n) is 3.16. The van der Waals surface area contributed by atoms with Gasteiger partial charge in [-0.3, -0.25) is 0 Å². The van der Waals surface area contributed by atoms with Gasteiger partial charge < -0.3 is 15.0 Å². The molecule has 0 aliphatic heterocycles. The first kappa shape index (κ1) is 14.6. The maximum absolute atomic E-state index is 9.67. The Labute approximate surface area is 117 Å². The third-order valence-electron chi connectivity index (χ3n) is 4.37. The quantitative estimate of drug-likeness (QED) is 0.794. The van der Waals surface area contributed by atoms with Gasteiger partial charge in [0.25, 0.3) is 0 Å². The van der Waals surface area contributed by atoms with Gasteiger partial charge in [0.15, 0.2) is 0 Å². The fraction of sp³-hybridized carbons (Fsp3) is 0.750. The van der Waals surface area contributed by atoms with Crippen molar-refractivity contribution in [3.8, 4) is 0 Å². The van der Waals surface area contributed by atoms with Crippen molar-refractivity contribution in [3.05, 3.63) is 24.0 Å². The van der Waals surface area contributed by atoms with Gasteiger partial charge in [0, 0.05) is 44.0 Å². The molecule has 19 heavy (non-hydrogen) atoms. The highest BCUT2D eigenvalue weighted by Gasteiger charge is 2.30. The molecule has 1 fully saturated rings. The minimum Gasteiger partial charge on any atom is -0.396 e. The Hall–Kier alpha value is -0.800. The fourth-order valence-corrected chi connectivity index (χ4v) is 3.16. The molecule has 0 bridgehead atoms. The third kappa shape index (κ3) is 4.08. The Morgan fingerprint density at radius 2 is 2.11 bits per heavy atom. The molecule has 0 atom stereocenters. The normalized spacial score (nSPS) is 18.6. The van der Waals surface area contributed by atoms with Gasteiger partial charge in [-0.15, -0.1) is 0 Å². The van der Waals surface area contributed by atoms with Crippen LogP contribution in [0, 0.1) is 5.41 Å². The van der Waals surface area contributed by atoms with E-state index < -0.39 is 0 Å². The number of aromatic nitrogens is 1. The highest BCUT2D eigenvalue weighted by molar-refractivity contribution is 5.10. The van der Waals surface area contributed by atoms with E-state index in [2.05, 4.69) is 35.3 Å². The predicted molar refractivity (Wildman–Crippen MR) is 79.0 cm³/mol.